The molecule has 0 fully saturated rings. The van der Waals surface area contributed by atoms with Crippen LogP contribution in [0.1, 0.15) is 33.6 Å². The van der Waals surface area contributed by atoms with Gasteiger partial charge in [0.25, 0.3) is 0 Å². The summed E-state index contributed by atoms with van der Waals surface area (Å²) in [6.45, 7) is 6.75. The molecule has 0 saturated heterocycles. The number of nitrogens with one attached hydrogen (secondary N) is 1. The Morgan fingerprint density at radius 3 is 2.82 bits per heavy atom. The molecule has 0 spiro atoms. The fourth-order valence-corrected chi connectivity index (χ4v) is 5.07. The smallest absolute Gasteiger partial charge is 0.331 e. The Labute approximate surface area is 170 Å². The van der Waals surface area contributed by atoms with Gasteiger partial charge in [0.05, 0.1) is 12.3 Å². The SMILES string of the molecule is CCOC(=O)C1CSC2=C(Nc3cccc4ccccc34)CC(C)(C)CC2=N1. The zero-order valence-electron chi connectivity index (χ0n) is 16.6. The Hall–Kier alpha value is -2.27. The molecule has 5 heteroatoms. The number of esters is 1. The van der Waals surface area contributed by atoms with Crippen LogP contribution >= 0.6 is 11.8 Å². The second kappa shape index (κ2) is 7.63. The van der Waals surface area contributed by atoms with Crippen molar-refractivity contribution in [1.29, 1.82) is 0 Å². The number of anilines is 1. The summed E-state index contributed by atoms with van der Waals surface area (Å²) in [6.07, 6.45) is 1.84. The molecule has 4 nitrogen and oxygen atoms in total. The summed E-state index contributed by atoms with van der Waals surface area (Å²) in [6, 6.07) is 14.4. The van der Waals surface area contributed by atoms with Crippen molar-refractivity contribution in [3.05, 3.63) is 53.1 Å². The quantitative estimate of drug-likeness (QED) is 0.705. The highest BCUT2D eigenvalue weighted by atomic mass is 32.2. The first-order valence-electron chi connectivity index (χ1n) is 9.81. The minimum atomic E-state index is -0.392. The Morgan fingerprint density at radius 2 is 2.00 bits per heavy atom. The molecule has 1 heterocycles. The zero-order chi connectivity index (χ0) is 19.7. The largest absolute Gasteiger partial charge is 0.464 e. The lowest BCUT2D eigenvalue weighted by Crippen LogP contribution is -2.34. The fraction of sp³-hybridized carbons (Fsp3) is 0.391. The van der Waals surface area contributed by atoms with Gasteiger partial charge >= 0.3 is 5.97 Å². The van der Waals surface area contributed by atoms with E-state index in [0.717, 1.165) is 24.2 Å². The van der Waals surface area contributed by atoms with Crippen LogP contribution in [0.2, 0.25) is 0 Å². The lowest BCUT2D eigenvalue weighted by Gasteiger charge is -2.37. The van der Waals surface area contributed by atoms with Crippen LogP contribution in [-0.4, -0.2) is 30.1 Å². The number of nitrogens with zero attached hydrogens (tertiary/aromatic N) is 1. The van der Waals surface area contributed by atoms with Crippen molar-refractivity contribution in [1.82, 2.24) is 0 Å². The van der Waals surface area contributed by atoms with E-state index < -0.39 is 6.04 Å². The van der Waals surface area contributed by atoms with Crippen LogP contribution < -0.4 is 5.32 Å². The van der Waals surface area contributed by atoms with Crippen LogP contribution in [0.5, 0.6) is 0 Å². The van der Waals surface area contributed by atoms with E-state index in [9.17, 15) is 4.79 Å². The van der Waals surface area contributed by atoms with Crippen molar-refractivity contribution in [3.63, 3.8) is 0 Å². The van der Waals surface area contributed by atoms with E-state index in [-0.39, 0.29) is 11.4 Å². The fourth-order valence-electron chi connectivity index (χ4n) is 3.95. The highest BCUT2D eigenvalue weighted by molar-refractivity contribution is 8.04. The Kier molecular flexibility index (Phi) is 5.19. The van der Waals surface area contributed by atoms with Crippen molar-refractivity contribution >= 4 is 39.9 Å². The number of aliphatic imine (C=N–C) groups is 1. The van der Waals surface area contributed by atoms with Gasteiger partial charge in [-0.1, -0.05) is 50.2 Å². The summed E-state index contributed by atoms with van der Waals surface area (Å²) in [5, 5.41) is 6.15. The van der Waals surface area contributed by atoms with Gasteiger partial charge in [0, 0.05) is 27.4 Å². The number of thioether (sulfide) groups is 1. The molecule has 0 aromatic heterocycles. The van der Waals surface area contributed by atoms with Gasteiger partial charge in [-0.05, 0) is 36.6 Å². The number of hydrogen-bond acceptors (Lipinski definition) is 5. The van der Waals surface area contributed by atoms with Crippen LogP contribution in [-0.2, 0) is 9.53 Å². The van der Waals surface area contributed by atoms with Crippen molar-refractivity contribution in [3.8, 4) is 0 Å². The number of carbonyl (C=O) groups is 1. The van der Waals surface area contributed by atoms with Crippen LogP contribution in [0, 0.1) is 5.41 Å². The van der Waals surface area contributed by atoms with E-state index in [1.54, 1.807) is 11.8 Å². The Morgan fingerprint density at radius 1 is 1.21 bits per heavy atom. The van der Waals surface area contributed by atoms with E-state index in [1.165, 1.54) is 21.4 Å². The molecule has 0 bridgehead atoms. The third kappa shape index (κ3) is 3.81. The molecule has 1 aliphatic heterocycles. The number of rotatable bonds is 4. The topological polar surface area (TPSA) is 50.7 Å². The average molecular weight is 395 g/mol. The molecular formula is C23H26N2O2S. The van der Waals surface area contributed by atoms with Gasteiger partial charge in [-0.15, -0.1) is 11.8 Å². The third-order valence-corrected chi connectivity index (χ3v) is 6.42. The molecule has 2 aliphatic rings. The van der Waals surface area contributed by atoms with Crippen molar-refractivity contribution in [2.75, 3.05) is 17.7 Å². The van der Waals surface area contributed by atoms with Gasteiger partial charge < -0.3 is 10.1 Å². The predicted octanol–water partition coefficient (Wildman–Crippen LogP) is 5.40. The molecule has 1 atom stereocenters. The van der Waals surface area contributed by atoms with Crippen molar-refractivity contribution in [2.24, 2.45) is 10.4 Å². The summed E-state index contributed by atoms with van der Waals surface area (Å²) in [7, 11) is 0. The van der Waals surface area contributed by atoms with E-state index in [4.69, 9.17) is 9.73 Å². The molecular weight excluding hydrogens is 368 g/mol. The van der Waals surface area contributed by atoms with Crippen LogP contribution in [0.25, 0.3) is 10.8 Å². The highest BCUT2D eigenvalue weighted by Crippen LogP contribution is 2.44. The monoisotopic (exact) mass is 394 g/mol. The standard InChI is InChI=1S/C23H26N2O2S/c1-4-27-22(26)20-14-28-21-18(12-23(2,3)13-19(21)25-20)24-17-11-7-9-15-8-5-6-10-16(15)17/h5-11,20,24H,4,12-14H2,1-3H3. The van der Waals surface area contributed by atoms with E-state index in [1.807, 2.05) is 6.92 Å². The molecule has 2 aromatic carbocycles. The van der Waals surface area contributed by atoms with Crippen LogP contribution in [0.15, 0.2) is 58.1 Å². The summed E-state index contributed by atoms with van der Waals surface area (Å²) >= 11 is 1.73. The lowest BCUT2D eigenvalue weighted by molar-refractivity contribution is -0.143. The minimum Gasteiger partial charge on any atom is -0.464 e. The maximum Gasteiger partial charge on any atom is 0.331 e. The molecule has 0 saturated carbocycles. The summed E-state index contributed by atoms with van der Waals surface area (Å²) < 4.78 is 5.19. The van der Waals surface area contributed by atoms with Crippen LogP contribution in [0.3, 0.4) is 0 Å². The molecule has 4 rings (SSSR count). The second-order valence-corrected chi connectivity index (χ2v) is 9.16. The summed E-state index contributed by atoms with van der Waals surface area (Å²) in [4.78, 5) is 18.2. The van der Waals surface area contributed by atoms with Gasteiger partial charge in [0.1, 0.15) is 0 Å². The number of allylic oxidation sites excluding steroid dienone is 2. The zero-order valence-corrected chi connectivity index (χ0v) is 17.4. The summed E-state index contributed by atoms with van der Waals surface area (Å²) in [5.74, 6) is 0.423. The maximum atomic E-state index is 12.2. The van der Waals surface area contributed by atoms with Crippen LogP contribution in [0.4, 0.5) is 5.69 Å². The molecule has 28 heavy (non-hydrogen) atoms. The van der Waals surface area contributed by atoms with Gasteiger partial charge in [-0.3, -0.25) is 4.99 Å². The Balaban J connectivity index is 1.71. The number of fused-ring (bicyclic) bond motifs is 2. The van der Waals surface area contributed by atoms with E-state index in [2.05, 4.69) is 61.6 Å². The van der Waals surface area contributed by atoms with Gasteiger partial charge in [0.15, 0.2) is 6.04 Å². The third-order valence-electron chi connectivity index (χ3n) is 5.17. The number of ether oxygens (including phenoxy) is 1. The number of carbonyl (C=O) groups excluding carboxylic acids is 1. The summed E-state index contributed by atoms with van der Waals surface area (Å²) in [5.41, 5.74) is 3.45. The number of hydrogen-bond donors (Lipinski definition) is 1. The molecule has 0 radical (unpaired) electrons. The first-order chi connectivity index (χ1) is 13.5. The first kappa shape index (κ1) is 19.1. The Bertz CT molecular complexity index is 972. The van der Waals surface area contributed by atoms with Gasteiger partial charge in [-0.2, -0.15) is 0 Å². The maximum absolute atomic E-state index is 12.2. The van der Waals surface area contributed by atoms with E-state index >= 15 is 0 Å². The molecule has 1 aliphatic carbocycles. The van der Waals surface area contributed by atoms with Gasteiger partial charge in [0.2, 0.25) is 0 Å². The van der Waals surface area contributed by atoms with Gasteiger partial charge in [-0.25, -0.2) is 4.79 Å². The molecule has 1 N–H and O–H groups in total. The molecule has 2 aromatic rings. The predicted molar refractivity (Wildman–Crippen MR) is 118 cm³/mol. The average Bonchev–Trinajstić information content (AvgIpc) is 2.67. The van der Waals surface area contributed by atoms with E-state index in [0.29, 0.717) is 12.4 Å². The number of benzene rings is 2. The molecule has 0 amide bonds. The van der Waals surface area contributed by atoms with Crippen molar-refractivity contribution in [2.45, 2.75) is 39.7 Å². The second-order valence-electron chi connectivity index (χ2n) is 8.13. The lowest BCUT2D eigenvalue weighted by atomic mass is 9.78. The molecule has 146 valence electrons. The first-order valence-corrected chi connectivity index (χ1v) is 10.8. The molecule has 1 unspecified atom stereocenters. The highest BCUT2D eigenvalue weighted by Gasteiger charge is 2.36. The normalized spacial score (nSPS) is 21.1. The minimum absolute atomic E-state index is 0.0896. The van der Waals surface area contributed by atoms with Crippen molar-refractivity contribution < 1.29 is 9.53 Å².